The van der Waals surface area contributed by atoms with E-state index in [1.54, 1.807) is 0 Å². The average molecular weight is 277 g/mol. The first-order valence-electron chi connectivity index (χ1n) is 7.99. The average Bonchev–Trinajstić information content (AvgIpc) is 2.51. The molecular weight excluding hydrogens is 246 g/mol. The van der Waals surface area contributed by atoms with Gasteiger partial charge in [-0.2, -0.15) is 0 Å². The molecule has 114 valence electrons. The molecular formula is C17H31N3. The zero-order chi connectivity index (χ0) is 15.0. The minimum Gasteiger partial charge on any atom is -0.315 e. The van der Waals surface area contributed by atoms with E-state index in [9.17, 15) is 0 Å². The molecule has 0 aliphatic heterocycles. The van der Waals surface area contributed by atoms with Crippen molar-refractivity contribution in [1.29, 1.82) is 0 Å². The second-order valence-corrected chi connectivity index (χ2v) is 5.38. The first-order valence-corrected chi connectivity index (χ1v) is 7.99. The third-order valence-corrected chi connectivity index (χ3v) is 4.80. The molecule has 0 saturated carbocycles. The number of rotatable bonds is 9. The Morgan fingerprint density at radius 1 is 1.10 bits per heavy atom. The molecule has 0 amide bonds. The topological polar surface area (TPSA) is 28.2 Å². The van der Waals surface area contributed by atoms with Gasteiger partial charge in [0.25, 0.3) is 0 Å². The van der Waals surface area contributed by atoms with Gasteiger partial charge in [0.2, 0.25) is 0 Å². The van der Waals surface area contributed by atoms with Crippen LogP contribution in [0.15, 0.2) is 24.5 Å². The summed E-state index contributed by atoms with van der Waals surface area (Å²) in [7, 11) is 2.09. The third-order valence-electron chi connectivity index (χ3n) is 4.80. The highest BCUT2D eigenvalue weighted by Gasteiger charge is 2.38. The fourth-order valence-electron chi connectivity index (χ4n) is 3.58. The Morgan fingerprint density at radius 2 is 1.65 bits per heavy atom. The fraction of sp³-hybridized carbons (Fsp3) is 0.706. The van der Waals surface area contributed by atoms with Gasteiger partial charge >= 0.3 is 0 Å². The lowest BCUT2D eigenvalue weighted by Gasteiger charge is -2.48. The van der Waals surface area contributed by atoms with Gasteiger partial charge in [0, 0.05) is 24.0 Å². The normalized spacial score (nSPS) is 13.7. The number of likely N-dealkylation sites (N-methyl/N-ethyl adjacent to an activating group) is 2. The van der Waals surface area contributed by atoms with E-state index < -0.39 is 0 Å². The van der Waals surface area contributed by atoms with E-state index in [-0.39, 0.29) is 5.54 Å². The van der Waals surface area contributed by atoms with Gasteiger partial charge in [-0.05, 0) is 57.1 Å². The summed E-state index contributed by atoms with van der Waals surface area (Å²) in [6, 6.07) is 4.71. The molecule has 3 nitrogen and oxygen atoms in total. The van der Waals surface area contributed by atoms with Gasteiger partial charge in [-0.3, -0.25) is 9.88 Å². The molecule has 1 aromatic heterocycles. The van der Waals surface area contributed by atoms with Gasteiger partial charge in [0.05, 0.1) is 0 Å². The van der Waals surface area contributed by atoms with Crippen LogP contribution in [0.25, 0.3) is 0 Å². The van der Waals surface area contributed by atoms with E-state index >= 15 is 0 Å². The summed E-state index contributed by atoms with van der Waals surface area (Å²) in [6.07, 6.45) is 7.17. The number of hydrogen-bond acceptors (Lipinski definition) is 3. The second kappa shape index (κ2) is 8.38. The summed E-state index contributed by atoms with van der Waals surface area (Å²) in [5.74, 6) is 0. The largest absolute Gasteiger partial charge is 0.315 e. The third kappa shape index (κ3) is 3.58. The summed E-state index contributed by atoms with van der Waals surface area (Å²) < 4.78 is 0. The van der Waals surface area contributed by atoms with E-state index in [0.29, 0.717) is 6.04 Å². The SMILES string of the molecule is CCN(CC)C(CC)(CC)C(Cc1ccncc1)NC. The number of pyridine rings is 1. The van der Waals surface area contributed by atoms with Crippen molar-refractivity contribution in [2.45, 2.75) is 58.5 Å². The van der Waals surface area contributed by atoms with Gasteiger partial charge in [0.1, 0.15) is 0 Å². The first kappa shape index (κ1) is 17.1. The maximum atomic E-state index is 4.12. The van der Waals surface area contributed by atoms with Crippen LogP contribution >= 0.6 is 0 Å². The first-order chi connectivity index (χ1) is 9.68. The van der Waals surface area contributed by atoms with Crippen molar-refractivity contribution < 1.29 is 0 Å². The molecule has 20 heavy (non-hydrogen) atoms. The standard InChI is InChI=1S/C17H31N3/c1-6-17(7-2,20(8-3)9-4)16(18-5)14-15-10-12-19-13-11-15/h10-13,16,18H,6-9,14H2,1-5H3. The lowest BCUT2D eigenvalue weighted by atomic mass is 9.79. The van der Waals surface area contributed by atoms with Crippen molar-refractivity contribution in [2.75, 3.05) is 20.1 Å². The number of nitrogens with one attached hydrogen (secondary N) is 1. The molecule has 0 aromatic carbocycles. The van der Waals surface area contributed by atoms with Crippen LogP contribution in [0.2, 0.25) is 0 Å². The molecule has 0 fully saturated rings. The maximum absolute atomic E-state index is 4.12. The van der Waals surface area contributed by atoms with Crippen LogP contribution in [0.4, 0.5) is 0 Å². The second-order valence-electron chi connectivity index (χ2n) is 5.38. The van der Waals surface area contributed by atoms with Crippen molar-refractivity contribution >= 4 is 0 Å². The molecule has 0 radical (unpaired) electrons. The molecule has 0 bridgehead atoms. The molecule has 1 rings (SSSR count). The molecule has 1 N–H and O–H groups in total. The van der Waals surface area contributed by atoms with E-state index in [2.05, 4.69) is 62.1 Å². The van der Waals surface area contributed by atoms with Gasteiger partial charge in [0.15, 0.2) is 0 Å². The highest BCUT2D eigenvalue weighted by Crippen LogP contribution is 2.29. The molecule has 0 spiro atoms. The minimum absolute atomic E-state index is 0.224. The van der Waals surface area contributed by atoms with Crippen LogP contribution in [0.3, 0.4) is 0 Å². The van der Waals surface area contributed by atoms with E-state index in [4.69, 9.17) is 0 Å². The monoisotopic (exact) mass is 277 g/mol. The number of hydrogen-bond donors (Lipinski definition) is 1. The Balaban J connectivity index is 3.02. The van der Waals surface area contributed by atoms with Crippen molar-refractivity contribution in [3.63, 3.8) is 0 Å². The fourth-order valence-corrected chi connectivity index (χ4v) is 3.58. The van der Waals surface area contributed by atoms with Crippen LogP contribution < -0.4 is 5.32 Å². The number of aromatic nitrogens is 1. The van der Waals surface area contributed by atoms with Gasteiger partial charge in [-0.15, -0.1) is 0 Å². The number of nitrogens with zero attached hydrogens (tertiary/aromatic N) is 2. The quantitative estimate of drug-likeness (QED) is 0.752. The Hall–Kier alpha value is -0.930. The van der Waals surface area contributed by atoms with Crippen LogP contribution in [0.5, 0.6) is 0 Å². The lowest BCUT2D eigenvalue weighted by Crippen LogP contribution is -2.61. The van der Waals surface area contributed by atoms with Crippen molar-refractivity contribution in [2.24, 2.45) is 0 Å². The van der Waals surface area contributed by atoms with Crippen LogP contribution in [0.1, 0.15) is 46.1 Å². The lowest BCUT2D eigenvalue weighted by molar-refractivity contribution is 0.0519. The molecule has 1 unspecified atom stereocenters. The van der Waals surface area contributed by atoms with Crippen LogP contribution in [0, 0.1) is 0 Å². The predicted molar refractivity (Wildman–Crippen MR) is 87.0 cm³/mol. The Labute approximate surface area is 124 Å². The van der Waals surface area contributed by atoms with Gasteiger partial charge < -0.3 is 5.32 Å². The Morgan fingerprint density at radius 3 is 2.05 bits per heavy atom. The molecule has 3 heteroatoms. The smallest absolute Gasteiger partial charge is 0.0360 e. The van der Waals surface area contributed by atoms with Crippen molar-refractivity contribution in [1.82, 2.24) is 15.2 Å². The zero-order valence-corrected chi connectivity index (χ0v) is 13.8. The summed E-state index contributed by atoms with van der Waals surface area (Å²) >= 11 is 0. The minimum atomic E-state index is 0.224. The summed E-state index contributed by atoms with van der Waals surface area (Å²) in [5.41, 5.74) is 1.58. The molecule has 1 atom stereocenters. The highest BCUT2D eigenvalue weighted by molar-refractivity contribution is 5.14. The van der Waals surface area contributed by atoms with E-state index in [1.807, 2.05) is 12.4 Å². The summed E-state index contributed by atoms with van der Waals surface area (Å²) in [6.45, 7) is 11.4. The maximum Gasteiger partial charge on any atom is 0.0360 e. The predicted octanol–water partition coefficient (Wildman–Crippen LogP) is 3.11. The molecule has 0 saturated heterocycles. The summed E-state index contributed by atoms with van der Waals surface area (Å²) in [4.78, 5) is 6.74. The Bertz CT molecular complexity index is 356. The summed E-state index contributed by atoms with van der Waals surface area (Å²) in [5, 5.41) is 3.58. The van der Waals surface area contributed by atoms with Gasteiger partial charge in [-0.1, -0.05) is 27.7 Å². The molecule has 1 heterocycles. The van der Waals surface area contributed by atoms with Crippen LogP contribution in [-0.4, -0.2) is 41.6 Å². The zero-order valence-electron chi connectivity index (χ0n) is 13.8. The Kier molecular flexibility index (Phi) is 7.17. The van der Waals surface area contributed by atoms with Crippen molar-refractivity contribution in [3.05, 3.63) is 30.1 Å². The molecule has 0 aliphatic rings. The van der Waals surface area contributed by atoms with Crippen LogP contribution in [-0.2, 0) is 6.42 Å². The van der Waals surface area contributed by atoms with Gasteiger partial charge in [-0.25, -0.2) is 0 Å². The molecule has 0 aliphatic carbocycles. The van der Waals surface area contributed by atoms with E-state index in [0.717, 1.165) is 19.5 Å². The van der Waals surface area contributed by atoms with E-state index in [1.165, 1.54) is 18.4 Å². The van der Waals surface area contributed by atoms with Crippen molar-refractivity contribution in [3.8, 4) is 0 Å². The highest BCUT2D eigenvalue weighted by atomic mass is 15.2. The molecule has 1 aromatic rings.